The zero-order chi connectivity index (χ0) is 14.9. The normalized spacial score (nSPS) is 10.2. The summed E-state index contributed by atoms with van der Waals surface area (Å²) in [6.45, 7) is 1.38. The molecule has 0 saturated heterocycles. The summed E-state index contributed by atoms with van der Waals surface area (Å²) in [6.07, 6.45) is 1.24. The van der Waals surface area contributed by atoms with Gasteiger partial charge in [0.25, 0.3) is 0 Å². The quantitative estimate of drug-likeness (QED) is 0.857. The fourth-order valence-corrected chi connectivity index (χ4v) is 2.00. The van der Waals surface area contributed by atoms with Crippen molar-refractivity contribution < 1.29 is 18.3 Å². The monoisotopic (exact) mass is 276 g/mol. The van der Waals surface area contributed by atoms with Crippen LogP contribution in [0.25, 0.3) is 11.1 Å². The van der Waals surface area contributed by atoms with Crippen LogP contribution in [-0.2, 0) is 4.74 Å². The largest absolute Gasteiger partial charge is 0.465 e. The zero-order valence-corrected chi connectivity index (χ0v) is 10.8. The molecule has 1 N–H and O–H groups in total. The molecule has 0 aliphatic rings. The third-order valence-electron chi connectivity index (χ3n) is 3.00. The summed E-state index contributed by atoms with van der Waals surface area (Å²) in [6, 6.07) is 3.76. The lowest BCUT2D eigenvalue weighted by atomic mass is 9.96. The molecule has 20 heavy (non-hydrogen) atoms. The summed E-state index contributed by atoms with van der Waals surface area (Å²) in [7, 11) is 1.17. The molecule has 102 valence electrons. The molecule has 0 unspecified atom stereocenters. The van der Waals surface area contributed by atoms with Crippen LogP contribution in [0.15, 0.2) is 18.3 Å². The van der Waals surface area contributed by atoms with Crippen LogP contribution in [-0.4, -0.2) is 18.1 Å². The predicted molar refractivity (Wildman–Crippen MR) is 66.9 cm³/mol. The number of nitrogens with one attached hydrogen (secondary N) is 1. The molecule has 1 aromatic heterocycles. The number of nitrogens with zero attached hydrogens (tertiary/aromatic N) is 1. The highest BCUT2D eigenvalue weighted by Gasteiger charge is 2.24. The van der Waals surface area contributed by atoms with Crippen LogP contribution in [0.2, 0.25) is 0 Å². The molecular formula is C14H10F2N2O2. The maximum Gasteiger partial charge on any atom is 0.340 e. The average molecular weight is 276 g/mol. The molecule has 0 aliphatic heterocycles. The molecule has 0 fully saturated rings. The summed E-state index contributed by atoms with van der Waals surface area (Å²) in [5, 5.41) is 9.05. The van der Waals surface area contributed by atoms with Gasteiger partial charge >= 0.3 is 5.97 Å². The number of nitriles is 1. The topological polar surface area (TPSA) is 65.9 Å². The van der Waals surface area contributed by atoms with Crippen molar-refractivity contribution in [2.75, 3.05) is 7.11 Å². The maximum atomic E-state index is 14.0. The van der Waals surface area contributed by atoms with Crippen LogP contribution in [0.4, 0.5) is 8.78 Å². The standard InChI is InChI=1S/C14H10F2N2O2/c1-7-9(15)3-4-10(16)12(7)13-8(14(19)20-2)6-18-11(13)5-17/h3-4,6,18H,1-2H3. The van der Waals surface area contributed by atoms with Gasteiger partial charge in [0.1, 0.15) is 23.4 Å². The van der Waals surface area contributed by atoms with Gasteiger partial charge in [-0.25, -0.2) is 13.6 Å². The molecule has 6 heteroatoms. The first-order valence-electron chi connectivity index (χ1n) is 5.66. The molecule has 0 radical (unpaired) electrons. The van der Waals surface area contributed by atoms with Crippen molar-refractivity contribution in [2.24, 2.45) is 0 Å². The lowest BCUT2D eigenvalue weighted by Gasteiger charge is -2.09. The fraction of sp³-hybridized carbons (Fsp3) is 0.143. The Kier molecular flexibility index (Phi) is 3.53. The molecule has 0 spiro atoms. The van der Waals surface area contributed by atoms with E-state index in [2.05, 4.69) is 9.72 Å². The van der Waals surface area contributed by atoms with E-state index in [0.717, 1.165) is 12.1 Å². The highest BCUT2D eigenvalue weighted by molar-refractivity contribution is 5.99. The summed E-state index contributed by atoms with van der Waals surface area (Å²) in [5.41, 5.74) is -0.141. The number of rotatable bonds is 2. The first-order valence-corrected chi connectivity index (χ1v) is 5.66. The number of hydrogen-bond donors (Lipinski definition) is 1. The fourth-order valence-electron chi connectivity index (χ4n) is 2.00. The molecule has 2 aromatic rings. The van der Waals surface area contributed by atoms with Gasteiger partial charge in [-0.2, -0.15) is 5.26 Å². The minimum atomic E-state index is -0.735. The second kappa shape index (κ2) is 5.13. The van der Waals surface area contributed by atoms with Crippen molar-refractivity contribution in [3.63, 3.8) is 0 Å². The number of benzene rings is 1. The lowest BCUT2D eigenvalue weighted by Crippen LogP contribution is -2.04. The number of hydrogen-bond acceptors (Lipinski definition) is 3. The van der Waals surface area contributed by atoms with E-state index < -0.39 is 17.6 Å². The van der Waals surface area contributed by atoms with E-state index in [9.17, 15) is 13.6 Å². The van der Waals surface area contributed by atoms with Gasteiger partial charge in [0.05, 0.1) is 12.7 Å². The summed E-state index contributed by atoms with van der Waals surface area (Å²) in [4.78, 5) is 14.2. The van der Waals surface area contributed by atoms with Crippen molar-refractivity contribution >= 4 is 5.97 Å². The Hall–Kier alpha value is -2.68. The Morgan fingerprint density at radius 1 is 1.30 bits per heavy atom. The van der Waals surface area contributed by atoms with Gasteiger partial charge in [0, 0.05) is 17.3 Å². The number of ether oxygens (including phenoxy) is 1. The SMILES string of the molecule is COC(=O)c1c[nH]c(C#N)c1-c1c(F)ccc(F)c1C. The Bertz CT molecular complexity index is 730. The molecule has 0 amide bonds. The molecule has 2 rings (SSSR count). The van der Waals surface area contributed by atoms with Gasteiger partial charge in [0.15, 0.2) is 0 Å². The Morgan fingerprint density at radius 3 is 2.55 bits per heavy atom. The first-order chi connectivity index (χ1) is 9.51. The third-order valence-corrected chi connectivity index (χ3v) is 3.00. The van der Waals surface area contributed by atoms with Gasteiger partial charge in [-0.05, 0) is 24.6 Å². The van der Waals surface area contributed by atoms with Crippen LogP contribution < -0.4 is 0 Å². The van der Waals surface area contributed by atoms with Crippen LogP contribution >= 0.6 is 0 Å². The van der Waals surface area contributed by atoms with E-state index in [1.165, 1.54) is 20.2 Å². The molecule has 1 aromatic carbocycles. The highest BCUT2D eigenvalue weighted by atomic mass is 19.1. The predicted octanol–water partition coefficient (Wildman–Crippen LogP) is 2.93. The zero-order valence-electron chi connectivity index (χ0n) is 10.8. The van der Waals surface area contributed by atoms with Crippen molar-refractivity contribution in [1.29, 1.82) is 5.26 Å². The molecule has 0 atom stereocenters. The van der Waals surface area contributed by atoms with Crippen LogP contribution in [0.5, 0.6) is 0 Å². The van der Waals surface area contributed by atoms with Crippen molar-refractivity contribution in [2.45, 2.75) is 6.92 Å². The van der Waals surface area contributed by atoms with Gasteiger partial charge in [-0.1, -0.05) is 0 Å². The Morgan fingerprint density at radius 2 is 1.95 bits per heavy atom. The van der Waals surface area contributed by atoms with Gasteiger partial charge < -0.3 is 9.72 Å². The molecule has 1 heterocycles. The van der Waals surface area contributed by atoms with Crippen LogP contribution in [0.1, 0.15) is 21.6 Å². The minimum absolute atomic E-state index is 0.00819. The van der Waals surface area contributed by atoms with Gasteiger partial charge in [-0.15, -0.1) is 0 Å². The number of carbonyl (C=O) groups is 1. The summed E-state index contributed by atoms with van der Waals surface area (Å²) >= 11 is 0. The van der Waals surface area contributed by atoms with Crippen LogP contribution in [0, 0.1) is 29.9 Å². The smallest absolute Gasteiger partial charge is 0.340 e. The van der Waals surface area contributed by atoms with Crippen molar-refractivity contribution in [3.05, 3.63) is 46.8 Å². The Labute approximate surface area is 113 Å². The number of H-pyrrole nitrogens is 1. The second-order valence-electron chi connectivity index (χ2n) is 4.08. The first kappa shape index (κ1) is 13.7. The maximum absolute atomic E-state index is 14.0. The molecule has 0 bridgehead atoms. The number of halogens is 2. The number of methoxy groups -OCH3 is 1. The van der Waals surface area contributed by atoms with E-state index in [1.54, 1.807) is 0 Å². The molecule has 0 saturated carbocycles. The van der Waals surface area contributed by atoms with Crippen LogP contribution in [0.3, 0.4) is 0 Å². The number of aromatic amines is 1. The average Bonchev–Trinajstić information content (AvgIpc) is 2.86. The van der Waals surface area contributed by atoms with Gasteiger partial charge in [-0.3, -0.25) is 0 Å². The van der Waals surface area contributed by atoms with Crippen molar-refractivity contribution in [1.82, 2.24) is 4.98 Å². The molecular weight excluding hydrogens is 266 g/mol. The second-order valence-corrected chi connectivity index (χ2v) is 4.08. The van der Waals surface area contributed by atoms with E-state index in [0.29, 0.717) is 0 Å². The summed E-state index contributed by atoms with van der Waals surface area (Å²) < 4.78 is 32.2. The highest BCUT2D eigenvalue weighted by Crippen LogP contribution is 2.33. The van der Waals surface area contributed by atoms with Gasteiger partial charge in [0.2, 0.25) is 0 Å². The van der Waals surface area contributed by atoms with E-state index in [1.807, 2.05) is 6.07 Å². The summed E-state index contributed by atoms with van der Waals surface area (Å²) in [5.74, 6) is -2.08. The van der Waals surface area contributed by atoms with E-state index >= 15 is 0 Å². The number of aromatic nitrogens is 1. The number of carbonyl (C=O) groups excluding carboxylic acids is 1. The van der Waals surface area contributed by atoms with E-state index in [4.69, 9.17) is 5.26 Å². The lowest BCUT2D eigenvalue weighted by molar-refractivity contribution is 0.0602. The Balaban J connectivity index is 2.82. The number of esters is 1. The minimum Gasteiger partial charge on any atom is -0.465 e. The van der Waals surface area contributed by atoms with Crippen molar-refractivity contribution in [3.8, 4) is 17.2 Å². The third kappa shape index (κ3) is 2.03. The van der Waals surface area contributed by atoms with E-state index in [-0.39, 0.29) is 27.9 Å². The molecule has 0 aliphatic carbocycles. The molecule has 4 nitrogen and oxygen atoms in total.